The van der Waals surface area contributed by atoms with E-state index in [1.54, 1.807) is 6.92 Å². The number of hydrazine groups is 1. The first-order valence-electron chi connectivity index (χ1n) is 8.14. The largest absolute Gasteiger partial charge is 0.383 e. The number of ether oxygens (including phenoxy) is 1. The van der Waals surface area contributed by atoms with Gasteiger partial charge in [0.1, 0.15) is 0 Å². The van der Waals surface area contributed by atoms with E-state index in [0.29, 0.717) is 12.3 Å². The average molecular weight is 362 g/mol. The topological polar surface area (TPSA) is 109 Å². The third kappa shape index (κ3) is 6.94. The van der Waals surface area contributed by atoms with Crippen LogP contribution in [0.3, 0.4) is 0 Å². The van der Waals surface area contributed by atoms with Crippen LogP contribution in [0.2, 0.25) is 0 Å². The van der Waals surface area contributed by atoms with Gasteiger partial charge in [-0.3, -0.25) is 19.8 Å². The molecule has 8 nitrogen and oxygen atoms in total. The van der Waals surface area contributed by atoms with Crippen LogP contribution < -0.4 is 21.5 Å². The van der Waals surface area contributed by atoms with Crippen molar-refractivity contribution in [1.29, 1.82) is 0 Å². The minimum Gasteiger partial charge on any atom is -0.383 e. The van der Waals surface area contributed by atoms with Crippen molar-refractivity contribution in [3.63, 3.8) is 0 Å². The normalized spacial score (nSPS) is 10.9. The summed E-state index contributed by atoms with van der Waals surface area (Å²) in [6, 6.07) is 3.97. The lowest BCUT2D eigenvalue weighted by Crippen LogP contribution is -2.46. The monoisotopic (exact) mass is 362 g/mol. The summed E-state index contributed by atoms with van der Waals surface area (Å²) in [6.07, 6.45) is 1.29. The minimum absolute atomic E-state index is 0.231. The lowest BCUT2D eigenvalue weighted by Gasteiger charge is -2.12. The SMILES string of the molecule is COCCNC(=O)C(=O)NNC(C)=CC(=O)Nc1c(C)cc(C)cc1C. The second-order valence-electron chi connectivity index (χ2n) is 5.92. The van der Waals surface area contributed by atoms with Crippen molar-refractivity contribution in [3.8, 4) is 0 Å². The summed E-state index contributed by atoms with van der Waals surface area (Å²) in [5.41, 5.74) is 8.93. The zero-order chi connectivity index (χ0) is 19.7. The van der Waals surface area contributed by atoms with E-state index in [9.17, 15) is 14.4 Å². The van der Waals surface area contributed by atoms with E-state index in [2.05, 4.69) is 21.5 Å². The molecule has 8 heteroatoms. The maximum atomic E-state index is 12.1. The summed E-state index contributed by atoms with van der Waals surface area (Å²) < 4.78 is 4.77. The Morgan fingerprint density at radius 3 is 2.23 bits per heavy atom. The van der Waals surface area contributed by atoms with Crippen LogP contribution in [-0.4, -0.2) is 38.0 Å². The van der Waals surface area contributed by atoms with Gasteiger partial charge in [-0.05, 0) is 38.8 Å². The van der Waals surface area contributed by atoms with E-state index in [1.807, 2.05) is 32.9 Å². The van der Waals surface area contributed by atoms with Gasteiger partial charge in [0.2, 0.25) is 5.91 Å². The Morgan fingerprint density at radius 2 is 1.65 bits per heavy atom. The molecule has 0 aliphatic heterocycles. The van der Waals surface area contributed by atoms with Gasteiger partial charge in [-0.25, -0.2) is 0 Å². The van der Waals surface area contributed by atoms with Crippen LogP contribution in [0.15, 0.2) is 23.9 Å². The molecule has 0 fully saturated rings. The predicted molar refractivity (Wildman–Crippen MR) is 99.2 cm³/mol. The van der Waals surface area contributed by atoms with Crippen LogP contribution in [0.4, 0.5) is 5.69 Å². The van der Waals surface area contributed by atoms with E-state index in [1.165, 1.54) is 13.2 Å². The predicted octanol–water partition coefficient (Wildman–Crippen LogP) is 0.838. The molecule has 1 aromatic carbocycles. The molecule has 0 unspecified atom stereocenters. The van der Waals surface area contributed by atoms with E-state index < -0.39 is 11.8 Å². The molecule has 0 saturated heterocycles. The van der Waals surface area contributed by atoms with Gasteiger partial charge in [0.25, 0.3) is 0 Å². The molecule has 0 saturated carbocycles. The molecular formula is C18H26N4O4. The Kier molecular flexibility index (Phi) is 8.30. The van der Waals surface area contributed by atoms with Crippen molar-refractivity contribution in [2.75, 3.05) is 25.6 Å². The fourth-order valence-corrected chi connectivity index (χ4v) is 2.33. The quantitative estimate of drug-likeness (QED) is 0.249. The molecule has 0 radical (unpaired) electrons. The van der Waals surface area contributed by atoms with Crippen LogP contribution in [-0.2, 0) is 19.1 Å². The Labute approximate surface area is 153 Å². The minimum atomic E-state index is -0.862. The smallest absolute Gasteiger partial charge is 0.327 e. The highest BCUT2D eigenvalue weighted by Gasteiger charge is 2.12. The van der Waals surface area contributed by atoms with Crippen LogP contribution >= 0.6 is 0 Å². The Hall–Kier alpha value is -2.87. The zero-order valence-corrected chi connectivity index (χ0v) is 15.8. The number of nitrogens with one attached hydrogen (secondary N) is 4. The van der Waals surface area contributed by atoms with Crippen molar-refractivity contribution in [2.24, 2.45) is 0 Å². The summed E-state index contributed by atoms with van der Waals surface area (Å²) in [5.74, 6) is -2.00. The highest BCUT2D eigenvalue weighted by atomic mass is 16.5. The number of carbonyl (C=O) groups excluding carboxylic acids is 3. The fourth-order valence-electron chi connectivity index (χ4n) is 2.33. The maximum Gasteiger partial charge on any atom is 0.327 e. The number of aryl methyl sites for hydroxylation is 3. The zero-order valence-electron chi connectivity index (χ0n) is 15.8. The maximum absolute atomic E-state index is 12.1. The molecule has 1 aromatic rings. The van der Waals surface area contributed by atoms with E-state index in [0.717, 1.165) is 22.4 Å². The van der Waals surface area contributed by atoms with E-state index in [4.69, 9.17) is 4.74 Å². The molecule has 142 valence electrons. The molecule has 0 aromatic heterocycles. The molecule has 26 heavy (non-hydrogen) atoms. The Balaban J connectivity index is 2.56. The molecule has 0 bridgehead atoms. The number of anilines is 1. The highest BCUT2D eigenvalue weighted by molar-refractivity contribution is 6.34. The summed E-state index contributed by atoms with van der Waals surface area (Å²) in [7, 11) is 1.49. The van der Waals surface area contributed by atoms with Crippen LogP contribution in [0.25, 0.3) is 0 Å². The average Bonchev–Trinajstić information content (AvgIpc) is 2.56. The van der Waals surface area contributed by atoms with Gasteiger partial charge in [0.15, 0.2) is 0 Å². The van der Waals surface area contributed by atoms with Gasteiger partial charge in [0, 0.05) is 31.1 Å². The van der Waals surface area contributed by atoms with Crippen LogP contribution in [0.1, 0.15) is 23.6 Å². The molecule has 4 N–H and O–H groups in total. The van der Waals surface area contributed by atoms with Crippen molar-refractivity contribution >= 4 is 23.4 Å². The van der Waals surface area contributed by atoms with Crippen molar-refractivity contribution in [3.05, 3.63) is 40.6 Å². The van der Waals surface area contributed by atoms with Crippen LogP contribution in [0, 0.1) is 20.8 Å². The molecule has 0 aliphatic rings. The number of benzene rings is 1. The Morgan fingerprint density at radius 1 is 1.04 bits per heavy atom. The van der Waals surface area contributed by atoms with Gasteiger partial charge >= 0.3 is 11.8 Å². The number of methoxy groups -OCH3 is 1. The molecular weight excluding hydrogens is 336 g/mol. The number of hydrogen-bond acceptors (Lipinski definition) is 5. The molecule has 0 aliphatic carbocycles. The number of amides is 3. The summed E-state index contributed by atoms with van der Waals surface area (Å²) >= 11 is 0. The first-order valence-corrected chi connectivity index (χ1v) is 8.14. The molecule has 0 heterocycles. The van der Waals surface area contributed by atoms with Gasteiger partial charge in [-0.15, -0.1) is 0 Å². The van der Waals surface area contributed by atoms with Gasteiger partial charge < -0.3 is 20.8 Å². The Bertz CT molecular complexity index is 690. The third-order valence-corrected chi connectivity index (χ3v) is 3.44. The summed E-state index contributed by atoms with van der Waals surface area (Å²) in [4.78, 5) is 35.2. The number of rotatable bonds is 7. The third-order valence-electron chi connectivity index (χ3n) is 3.44. The van der Waals surface area contributed by atoms with Gasteiger partial charge in [-0.2, -0.15) is 0 Å². The van der Waals surface area contributed by atoms with E-state index in [-0.39, 0.29) is 12.5 Å². The van der Waals surface area contributed by atoms with Crippen molar-refractivity contribution < 1.29 is 19.1 Å². The van der Waals surface area contributed by atoms with Gasteiger partial charge in [0.05, 0.1) is 6.61 Å². The lowest BCUT2D eigenvalue weighted by molar-refractivity contribution is -0.139. The number of allylic oxidation sites excluding steroid dienone is 1. The standard InChI is InChI=1S/C18H26N4O4/c1-11-8-12(2)16(13(3)9-11)20-15(23)10-14(4)21-22-18(25)17(24)19-6-7-26-5/h8-10,21H,6-7H2,1-5H3,(H,19,24)(H,20,23)(H,22,25). The van der Waals surface area contributed by atoms with Crippen molar-refractivity contribution in [1.82, 2.24) is 16.2 Å². The summed E-state index contributed by atoms with van der Waals surface area (Å²) in [6.45, 7) is 7.98. The highest BCUT2D eigenvalue weighted by Crippen LogP contribution is 2.21. The molecule has 0 atom stereocenters. The van der Waals surface area contributed by atoms with Crippen molar-refractivity contribution in [2.45, 2.75) is 27.7 Å². The van der Waals surface area contributed by atoms with E-state index >= 15 is 0 Å². The second-order valence-corrected chi connectivity index (χ2v) is 5.92. The fraction of sp³-hybridized carbons (Fsp3) is 0.389. The lowest BCUT2D eigenvalue weighted by atomic mass is 10.1. The summed E-state index contributed by atoms with van der Waals surface area (Å²) in [5, 5.41) is 5.20. The van der Waals surface area contributed by atoms with Gasteiger partial charge in [-0.1, -0.05) is 17.7 Å². The molecule has 1 rings (SSSR count). The second kappa shape index (κ2) is 10.2. The number of hydrogen-bond donors (Lipinski definition) is 4. The first-order chi connectivity index (χ1) is 12.2. The molecule has 3 amide bonds. The first kappa shape index (κ1) is 21.2. The van der Waals surface area contributed by atoms with Crippen LogP contribution in [0.5, 0.6) is 0 Å². The molecule has 0 spiro atoms. The number of carbonyl (C=O) groups is 3.